The highest BCUT2D eigenvalue weighted by atomic mass is 19.1. The molecule has 2 aliphatic heterocycles. The largest absolute Gasteiger partial charge is 0.483 e. The maximum atomic E-state index is 14.2. The summed E-state index contributed by atoms with van der Waals surface area (Å²) in [5.74, 6) is -1.43. The quantitative estimate of drug-likeness (QED) is 0.283. The maximum Gasteiger partial charge on any atom is 0.325 e. The Morgan fingerprint density at radius 2 is 1.98 bits per heavy atom. The average molecular weight is 573 g/mol. The zero-order valence-corrected chi connectivity index (χ0v) is 23.5. The first-order valence-electron chi connectivity index (χ1n) is 14.6. The standard InChI is InChI=1S/C30H39FN2O5.CH2O2/c31-23-10-8-22(19-38-26-13-16-36-20-26)27(17-23)29(30(34)35)33-14-12-25(18-33)37-15-4-3-6-24-11-9-21-5-1-2-7-28(21)32-24;2-1-3/h8-11,17,25-26,29H,1-7,12-16,18-20H2,(H,34,35);1H,(H,2,3)/t25-,26-,29?;/m1./s1. The van der Waals surface area contributed by atoms with Crippen LogP contribution in [0.4, 0.5) is 4.39 Å². The number of carbonyl (C=O) groups is 2. The predicted octanol–water partition coefficient (Wildman–Crippen LogP) is 4.35. The van der Waals surface area contributed by atoms with Crippen LogP contribution in [0.15, 0.2) is 30.3 Å². The van der Waals surface area contributed by atoms with Crippen molar-refractivity contribution in [2.24, 2.45) is 0 Å². The second-order valence-electron chi connectivity index (χ2n) is 10.8. The van der Waals surface area contributed by atoms with Crippen molar-refractivity contribution in [3.05, 3.63) is 64.2 Å². The van der Waals surface area contributed by atoms with Crippen molar-refractivity contribution in [3.63, 3.8) is 0 Å². The van der Waals surface area contributed by atoms with Gasteiger partial charge in [0, 0.05) is 37.7 Å². The van der Waals surface area contributed by atoms with Crippen LogP contribution >= 0.6 is 0 Å². The monoisotopic (exact) mass is 572 g/mol. The topological polar surface area (TPSA) is 118 Å². The molecular weight excluding hydrogens is 531 g/mol. The summed E-state index contributed by atoms with van der Waals surface area (Å²) in [6.07, 6.45) is 9.20. The van der Waals surface area contributed by atoms with Gasteiger partial charge in [-0.3, -0.25) is 19.5 Å². The van der Waals surface area contributed by atoms with Gasteiger partial charge in [0.25, 0.3) is 6.47 Å². The van der Waals surface area contributed by atoms with Crippen molar-refractivity contribution in [1.82, 2.24) is 9.88 Å². The molecule has 2 aromatic rings. The Hall–Kier alpha value is -2.92. The van der Waals surface area contributed by atoms with Gasteiger partial charge in [-0.05, 0) is 92.7 Å². The van der Waals surface area contributed by atoms with Gasteiger partial charge in [0.05, 0.1) is 25.4 Å². The third kappa shape index (κ3) is 9.03. The fraction of sp³-hybridized carbons (Fsp3) is 0.581. The number of carboxylic acid groups (broad SMARTS) is 2. The number of pyridine rings is 1. The van der Waals surface area contributed by atoms with E-state index in [9.17, 15) is 14.3 Å². The molecule has 1 aliphatic carbocycles. The second-order valence-corrected chi connectivity index (χ2v) is 10.8. The average Bonchev–Trinajstić information content (AvgIpc) is 3.65. The van der Waals surface area contributed by atoms with E-state index in [1.165, 1.54) is 36.2 Å². The van der Waals surface area contributed by atoms with E-state index < -0.39 is 17.8 Å². The van der Waals surface area contributed by atoms with Gasteiger partial charge >= 0.3 is 5.97 Å². The summed E-state index contributed by atoms with van der Waals surface area (Å²) in [6, 6.07) is 7.82. The van der Waals surface area contributed by atoms with Crippen molar-refractivity contribution >= 4 is 12.4 Å². The van der Waals surface area contributed by atoms with Crippen LogP contribution in [0.3, 0.4) is 0 Å². The molecule has 2 fully saturated rings. The molecule has 0 spiro atoms. The third-order valence-electron chi connectivity index (χ3n) is 7.96. The maximum absolute atomic E-state index is 14.2. The van der Waals surface area contributed by atoms with E-state index in [2.05, 4.69) is 12.1 Å². The minimum atomic E-state index is -0.987. The van der Waals surface area contributed by atoms with Gasteiger partial charge in [-0.15, -0.1) is 0 Å². The number of aryl methyl sites for hydroxylation is 3. The summed E-state index contributed by atoms with van der Waals surface area (Å²) in [7, 11) is 0. The fourth-order valence-electron chi connectivity index (χ4n) is 5.84. The van der Waals surface area contributed by atoms with Crippen molar-refractivity contribution in [1.29, 1.82) is 0 Å². The number of benzene rings is 1. The molecule has 3 atom stereocenters. The predicted molar refractivity (Wildman–Crippen MR) is 149 cm³/mol. The Morgan fingerprint density at radius 1 is 1.15 bits per heavy atom. The zero-order valence-electron chi connectivity index (χ0n) is 23.5. The Balaban J connectivity index is 0.00000124. The van der Waals surface area contributed by atoms with Crippen LogP contribution in [0.25, 0.3) is 0 Å². The summed E-state index contributed by atoms with van der Waals surface area (Å²) in [5, 5.41) is 17.0. The van der Waals surface area contributed by atoms with E-state index >= 15 is 0 Å². The van der Waals surface area contributed by atoms with Gasteiger partial charge in [-0.25, -0.2) is 4.39 Å². The minimum Gasteiger partial charge on any atom is -0.483 e. The summed E-state index contributed by atoms with van der Waals surface area (Å²) in [5.41, 5.74) is 5.01. The van der Waals surface area contributed by atoms with E-state index in [1.54, 1.807) is 6.07 Å². The summed E-state index contributed by atoms with van der Waals surface area (Å²) < 4.78 is 31.6. The molecule has 9 nitrogen and oxygen atoms in total. The number of carboxylic acids is 1. The lowest BCUT2D eigenvalue weighted by atomic mass is 9.95. The molecule has 3 aliphatic rings. The number of fused-ring (bicyclic) bond motifs is 1. The number of hydrogen-bond donors (Lipinski definition) is 2. The third-order valence-corrected chi connectivity index (χ3v) is 7.96. The summed E-state index contributed by atoms with van der Waals surface area (Å²) in [4.78, 5) is 27.5. The molecule has 0 saturated carbocycles. The first-order valence-corrected chi connectivity index (χ1v) is 14.6. The molecule has 3 heterocycles. The Morgan fingerprint density at radius 3 is 2.76 bits per heavy atom. The SMILES string of the molecule is O=C(O)C(c1cc(F)ccc1CO[C@@H]1CCOC1)N1CC[C@@H](OCCCCc2ccc3c(n2)CCCC3)C1.O=CO. The van der Waals surface area contributed by atoms with Crippen molar-refractivity contribution in [3.8, 4) is 0 Å². The van der Waals surface area contributed by atoms with E-state index in [1.807, 2.05) is 4.90 Å². The van der Waals surface area contributed by atoms with Gasteiger partial charge in [-0.1, -0.05) is 12.1 Å². The van der Waals surface area contributed by atoms with E-state index in [4.69, 9.17) is 29.1 Å². The van der Waals surface area contributed by atoms with Crippen LogP contribution in [0.1, 0.15) is 72.6 Å². The van der Waals surface area contributed by atoms with Gasteiger partial charge in [0.15, 0.2) is 0 Å². The molecule has 224 valence electrons. The summed E-state index contributed by atoms with van der Waals surface area (Å²) >= 11 is 0. The Bertz CT molecular complexity index is 1140. The van der Waals surface area contributed by atoms with Crippen LogP contribution in [-0.2, 0) is 49.7 Å². The normalized spacial score (nSPS) is 21.1. The lowest BCUT2D eigenvalue weighted by molar-refractivity contribution is -0.143. The van der Waals surface area contributed by atoms with Gasteiger partial charge in [0.1, 0.15) is 11.9 Å². The molecule has 2 saturated heterocycles. The molecule has 1 unspecified atom stereocenters. The lowest BCUT2D eigenvalue weighted by Crippen LogP contribution is -2.34. The molecule has 0 amide bonds. The van der Waals surface area contributed by atoms with Gasteiger partial charge in [0.2, 0.25) is 0 Å². The van der Waals surface area contributed by atoms with Crippen molar-refractivity contribution in [2.75, 3.05) is 32.9 Å². The molecule has 1 aromatic heterocycles. The Kier molecular flexibility index (Phi) is 12.0. The van der Waals surface area contributed by atoms with Crippen molar-refractivity contribution < 1.29 is 38.4 Å². The number of halogens is 1. The molecule has 1 aromatic carbocycles. The lowest BCUT2D eigenvalue weighted by Gasteiger charge is -2.27. The van der Waals surface area contributed by atoms with Gasteiger partial charge < -0.3 is 24.4 Å². The highest BCUT2D eigenvalue weighted by Crippen LogP contribution is 2.31. The van der Waals surface area contributed by atoms with Gasteiger partial charge in [-0.2, -0.15) is 0 Å². The van der Waals surface area contributed by atoms with Crippen LogP contribution in [0, 0.1) is 5.82 Å². The number of aromatic nitrogens is 1. The molecule has 0 bridgehead atoms. The van der Waals surface area contributed by atoms with E-state index in [0.29, 0.717) is 44.0 Å². The zero-order chi connectivity index (χ0) is 29.0. The van der Waals surface area contributed by atoms with Crippen LogP contribution in [0.5, 0.6) is 0 Å². The number of aliphatic carboxylic acids is 1. The molecule has 5 rings (SSSR count). The number of unbranched alkanes of at least 4 members (excludes halogenated alkanes) is 1. The molecule has 2 N–H and O–H groups in total. The number of hydrogen-bond acceptors (Lipinski definition) is 7. The second kappa shape index (κ2) is 15.9. The molecule has 0 radical (unpaired) electrons. The van der Waals surface area contributed by atoms with E-state index in [0.717, 1.165) is 50.6 Å². The smallest absolute Gasteiger partial charge is 0.325 e. The first kappa shape index (κ1) is 31.0. The number of ether oxygens (including phenoxy) is 3. The first-order chi connectivity index (χ1) is 20.0. The highest BCUT2D eigenvalue weighted by molar-refractivity contribution is 5.76. The number of likely N-dealkylation sites (tertiary alicyclic amines) is 1. The summed E-state index contributed by atoms with van der Waals surface area (Å²) in [6.45, 7) is 2.93. The fourth-order valence-corrected chi connectivity index (χ4v) is 5.84. The Labute approximate surface area is 240 Å². The molecular formula is C31H41FN2O7. The van der Waals surface area contributed by atoms with Crippen molar-refractivity contribution in [2.45, 2.75) is 82.6 Å². The minimum absolute atomic E-state index is 0.0104. The highest BCUT2D eigenvalue weighted by Gasteiger charge is 2.35. The van der Waals surface area contributed by atoms with E-state index in [-0.39, 0.29) is 25.3 Å². The van der Waals surface area contributed by atoms with Crippen LogP contribution in [0.2, 0.25) is 0 Å². The number of rotatable bonds is 12. The van der Waals surface area contributed by atoms with Crippen LogP contribution in [-0.4, -0.2) is 77.7 Å². The molecule has 10 heteroatoms. The molecule has 41 heavy (non-hydrogen) atoms. The van der Waals surface area contributed by atoms with Crippen LogP contribution < -0.4 is 0 Å². The number of nitrogens with zero attached hydrogens (tertiary/aromatic N) is 2.